The minimum Gasteiger partial charge on any atom is -0.310 e. The van der Waals surface area contributed by atoms with Gasteiger partial charge in [-0.2, -0.15) is 0 Å². The van der Waals surface area contributed by atoms with Crippen LogP contribution in [0.2, 0.25) is 0 Å². The summed E-state index contributed by atoms with van der Waals surface area (Å²) in [5.41, 5.74) is 1.34. The zero-order chi connectivity index (χ0) is 10.7. The Kier molecular flexibility index (Phi) is 3.65. The molecule has 2 nitrogen and oxygen atoms in total. The molecule has 1 aliphatic rings. The van der Waals surface area contributed by atoms with Gasteiger partial charge in [-0.1, -0.05) is 19.9 Å². The Morgan fingerprint density at radius 1 is 1.53 bits per heavy atom. The van der Waals surface area contributed by atoms with E-state index >= 15 is 0 Å². The SMILES string of the molecule is CC(C)Sc1ncccc1CNC1CC1. The Balaban J connectivity index is 1.99. The molecule has 82 valence electrons. The highest BCUT2D eigenvalue weighted by molar-refractivity contribution is 7.99. The van der Waals surface area contributed by atoms with Crippen molar-refractivity contribution in [1.29, 1.82) is 0 Å². The first kappa shape index (κ1) is 11.0. The minimum atomic E-state index is 0.597. The van der Waals surface area contributed by atoms with Crippen molar-refractivity contribution in [2.24, 2.45) is 0 Å². The minimum absolute atomic E-state index is 0.597. The summed E-state index contributed by atoms with van der Waals surface area (Å²) < 4.78 is 0. The third-order valence-electron chi connectivity index (χ3n) is 2.36. The Hall–Kier alpha value is -0.540. The molecule has 1 N–H and O–H groups in total. The van der Waals surface area contributed by atoms with Gasteiger partial charge in [0.15, 0.2) is 0 Å². The monoisotopic (exact) mass is 222 g/mol. The van der Waals surface area contributed by atoms with Crippen molar-refractivity contribution in [2.75, 3.05) is 0 Å². The number of hydrogen-bond donors (Lipinski definition) is 1. The van der Waals surface area contributed by atoms with Gasteiger partial charge in [0, 0.05) is 24.0 Å². The van der Waals surface area contributed by atoms with Gasteiger partial charge in [0.25, 0.3) is 0 Å². The average Bonchev–Trinajstić information content (AvgIpc) is 2.99. The molecule has 3 heteroatoms. The molecule has 0 spiro atoms. The molecule has 0 unspecified atom stereocenters. The van der Waals surface area contributed by atoms with E-state index in [1.165, 1.54) is 23.4 Å². The molecule has 1 aromatic rings. The van der Waals surface area contributed by atoms with Crippen LogP contribution in [0.15, 0.2) is 23.4 Å². The van der Waals surface area contributed by atoms with Gasteiger partial charge in [-0.05, 0) is 24.5 Å². The molecular formula is C12H18N2S. The van der Waals surface area contributed by atoms with Crippen molar-refractivity contribution in [3.8, 4) is 0 Å². The van der Waals surface area contributed by atoms with E-state index in [4.69, 9.17) is 0 Å². The van der Waals surface area contributed by atoms with Crippen molar-refractivity contribution >= 4 is 11.8 Å². The second-order valence-corrected chi connectivity index (χ2v) is 5.85. The predicted octanol–water partition coefficient (Wildman–Crippen LogP) is 2.83. The number of pyridine rings is 1. The predicted molar refractivity (Wildman–Crippen MR) is 65.1 cm³/mol. The van der Waals surface area contributed by atoms with Gasteiger partial charge >= 0.3 is 0 Å². The summed E-state index contributed by atoms with van der Waals surface area (Å²) in [4.78, 5) is 4.44. The van der Waals surface area contributed by atoms with Crippen molar-refractivity contribution in [2.45, 2.75) is 49.6 Å². The maximum atomic E-state index is 4.44. The van der Waals surface area contributed by atoms with Gasteiger partial charge in [0.1, 0.15) is 5.03 Å². The molecule has 2 rings (SSSR count). The van der Waals surface area contributed by atoms with E-state index < -0.39 is 0 Å². The molecule has 15 heavy (non-hydrogen) atoms. The first-order chi connectivity index (χ1) is 7.25. The molecule has 0 atom stereocenters. The summed E-state index contributed by atoms with van der Waals surface area (Å²) in [6.07, 6.45) is 4.56. The van der Waals surface area contributed by atoms with Crippen LogP contribution >= 0.6 is 11.8 Å². The molecule has 0 saturated heterocycles. The Morgan fingerprint density at radius 3 is 3.00 bits per heavy atom. The number of thioether (sulfide) groups is 1. The lowest BCUT2D eigenvalue weighted by Crippen LogP contribution is -2.16. The van der Waals surface area contributed by atoms with E-state index in [1.54, 1.807) is 0 Å². The molecule has 0 amide bonds. The van der Waals surface area contributed by atoms with Gasteiger partial charge < -0.3 is 5.32 Å². The normalized spacial score (nSPS) is 15.9. The molecule has 0 bridgehead atoms. The van der Waals surface area contributed by atoms with Crippen molar-refractivity contribution in [1.82, 2.24) is 10.3 Å². The van der Waals surface area contributed by atoms with Crippen LogP contribution in [-0.2, 0) is 6.54 Å². The summed E-state index contributed by atoms with van der Waals surface area (Å²) >= 11 is 1.85. The fraction of sp³-hybridized carbons (Fsp3) is 0.583. The first-order valence-electron chi connectivity index (χ1n) is 5.59. The Morgan fingerprint density at radius 2 is 2.33 bits per heavy atom. The van der Waals surface area contributed by atoms with Crippen LogP contribution < -0.4 is 5.32 Å². The zero-order valence-corrected chi connectivity index (χ0v) is 10.2. The molecular weight excluding hydrogens is 204 g/mol. The van der Waals surface area contributed by atoms with Crippen molar-refractivity contribution < 1.29 is 0 Å². The molecule has 1 saturated carbocycles. The fourth-order valence-electron chi connectivity index (χ4n) is 1.43. The summed E-state index contributed by atoms with van der Waals surface area (Å²) in [5, 5.41) is 5.31. The van der Waals surface area contributed by atoms with Crippen LogP contribution in [0.1, 0.15) is 32.3 Å². The van der Waals surface area contributed by atoms with Crippen molar-refractivity contribution in [3.63, 3.8) is 0 Å². The lowest BCUT2D eigenvalue weighted by Gasteiger charge is -2.10. The van der Waals surface area contributed by atoms with Gasteiger partial charge in [-0.3, -0.25) is 0 Å². The number of hydrogen-bond acceptors (Lipinski definition) is 3. The van der Waals surface area contributed by atoms with E-state index in [0.29, 0.717) is 5.25 Å². The van der Waals surface area contributed by atoms with Gasteiger partial charge in [-0.25, -0.2) is 4.98 Å². The maximum absolute atomic E-state index is 4.44. The summed E-state index contributed by atoms with van der Waals surface area (Å²) in [7, 11) is 0. The zero-order valence-electron chi connectivity index (χ0n) is 9.36. The quantitative estimate of drug-likeness (QED) is 0.775. The van der Waals surface area contributed by atoms with E-state index in [0.717, 1.165) is 12.6 Å². The van der Waals surface area contributed by atoms with E-state index in [2.05, 4.69) is 30.2 Å². The van der Waals surface area contributed by atoms with Crippen LogP contribution in [0.5, 0.6) is 0 Å². The third kappa shape index (κ3) is 3.50. The van der Waals surface area contributed by atoms with E-state index in [1.807, 2.05) is 24.0 Å². The Bertz CT molecular complexity index is 321. The first-order valence-corrected chi connectivity index (χ1v) is 6.47. The molecule has 1 aromatic heterocycles. The van der Waals surface area contributed by atoms with Crippen molar-refractivity contribution in [3.05, 3.63) is 23.9 Å². The lowest BCUT2D eigenvalue weighted by molar-refractivity contribution is 0.675. The van der Waals surface area contributed by atoms with Gasteiger partial charge in [0.2, 0.25) is 0 Å². The molecule has 1 heterocycles. The average molecular weight is 222 g/mol. The smallest absolute Gasteiger partial charge is 0.101 e. The lowest BCUT2D eigenvalue weighted by atomic mass is 10.3. The summed E-state index contributed by atoms with van der Waals surface area (Å²) in [6, 6.07) is 4.96. The number of nitrogens with one attached hydrogen (secondary N) is 1. The topological polar surface area (TPSA) is 24.9 Å². The Labute approximate surface area is 95.9 Å². The molecule has 1 fully saturated rings. The van der Waals surface area contributed by atoms with E-state index in [9.17, 15) is 0 Å². The maximum Gasteiger partial charge on any atom is 0.101 e. The van der Waals surface area contributed by atoms with Gasteiger partial charge in [-0.15, -0.1) is 11.8 Å². The van der Waals surface area contributed by atoms with Crippen LogP contribution in [0.4, 0.5) is 0 Å². The second-order valence-electron chi connectivity index (χ2n) is 4.29. The third-order valence-corrected chi connectivity index (χ3v) is 3.42. The highest BCUT2D eigenvalue weighted by Crippen LogP contribution is 2.25. The van der Waals surface area contributed by atoms with Crippen LogP contribution in [0, 0.1) is 0 Å². The standard InChI is InChI=1S/C12H18N2S/c1-9(2)15-12-10(4-3-7-13-12)8-14-11-5-6-11/h3-4,7,9,11,14H,5-6,8H2,1-2H3. The van der Waals surface area contributed by atoms with Gasteiger partial charge in [0.05, 0.1) is 0 Å². The molecule has 0 radical (unpaired) electrons. The van der Waals surface area contributed by atoms with Crippen LogP contribution in [0.3, 0.4) is 0 Å². The largest absolute Gasteiger partial charge is 0.310 e. The number of aromatic nitrogens is 1. The number of nitrogens with zero attached hydrogens (tertiary/aromatic N) is 1. The highest BCUT2D eigenvalue weighted by Gasteiger charge is 2.20. The number of rotatable bonds is 5. The molecule has 0 aliphatic heterocycles. The van der Waals surface area contributed by atoms with Crippen LogP contribution in [0.25, 0.3) is 0 Å². The molecule has 1 aliphatic carbocycles. The molecule has 0 aromatic carbocycles. The summed E-state index contributed by atoms with van der Waals surface area (Å²) in [6.45, 7) is 5.38. The second kappa shape index (κ2) is 4.99. The highest BCUT2D eigenvalue weighted by atomic mass is 32.2. The van der Waals surface area contributed by atoms with Crippen LogP contribution in [-0.4, -0.2) is 16.3 Å². The fourth-order valence-corrected chi connectivity index (χ4v) is 2.29. The van der Waals surface area contributed by atoms with E-state index in [-0.39, 0.29) is 0 Å². The summed E-state index contributed by atoms with van der Waals surface area (Å²) in [5.74, 6) is 0.